The highest BCUT2D eigenvalue weighted by molar-refractivity contribution is 7.10. The molecule has 9 nitrogen and oxygen atoms in total. The number of benzene rings is 1. The number of urea groups is 1. The lowest BCUT2D eigenvalue weighted by Crippen LogP contribution is -2.50. The Bertz CT molecular complexity index is 831. The summed E-state index contributed by atoms with van der Waals surface area (Å²) in [5, 5.41) is 9.86. The first-order chi connectivity index (χ1) is 14.2. The van der Waals surface area contributed by atoms with Gasteiger partial charge in [0, 0.05) is 56.6 Å². The van der Waals surface area contributed by atoms with Crippen LogP contribution in [0.1, 0.15) is 23.3 Å². The first kappa shape index (κ1) is 19.6. The molecular formula is C19H24N6O3S. The number of hydrogen-bond donors (Lipinski definition) is 2. The van der Waals surface area contributed by atoms with Gasteiger partial charge in [-0.05, 0) is 25.0 Å². The number of para-hydroxylation sites is 1. The average Bonchev–Trinajstić information content (AvgIpc) is 3.45. The summed E-state index contributed by atoms with van der Waals surface area (Å²) in [5.41, 5.74) is 1.30. The van der Waals surface area contributed by atoms with Crippen molar-refractivity contribution in [2.75, 3.05) is 49.5 Å². The number of nitrogens with zero attached hydrogens (tertiary/aromatic N) is 4. The van der Waals surface area contributed by atoms with Crippen LogP contribution < -0.4 is 15.5 Å². The molecule has 4 rings (SSSR count). The van der Waals surface area contributed by atoms with Gasteiger partial charge in [0.05, 0.1) is 6.10 Å². The van der Waals surface area contributed by atoms with Crippen LogP contribution in [0.25, 0.3) is 0 Å². The average molecular weight is 417 g/mol. The number of aromatic nitrogens is 2. The number of carbonyl (C=O) groups is 2. The Morgan fingerprint density at radius 3 is 2.69 bits per heavy atom. The third-order valence-corrected chi connectivity index (χ3v) is 5.77. The minimum absolute atomic E-state index is 0.0458. The molecule has 0 unspecified atom stereocenters. The van der Waals surface area contributed by atoms with Gasteiger partial charge in [-0.3, -0.25) is 10.1 Å². The molecule has 1 atom stereocenters. The van der Waals surface area contributed by atoms with Gasteiger partial charge in [0.25, 0.3) is 5.91 Å². The predicted molar refractivity (Wildman–Crippen MR) is 110 cm³/mol. The van der Waals surface area contributed by atoms with Crippen LogP contribution in [0.4, 0.5) is 15.5 Å². The number of nitrogens with one attached hydrogen (secondary N) is 2. The quantitative estimate of drug-likeness (QED) is 0.771. The molecule has 2 N–H and O–H groups in total. The fourth-order valence-corrected chi connectivity index (χ4v) is 4.06. The second kappa shape index (κ2) is 9.19. The van der Waals surface area contributed by atoms with Crippen molar-refractivity contribution in [3.05, 3.63) is 36.0 Å². The minimum atomic E-state index is -0.349. The van der Waals surface area contributed by atoms with Gasteiger partial charge >= 0.3 is 6.03 Å². The molecule has 0 saturated carbocycles. The number of anilines is 2. The van der Waals surface area contributed by atoms with Crippen molar-refractivity contribution in [3.63, 3.8) is 0 Å². The Balaban J connectivity index is 1.29. The van der Waals surface area contributed by atoms with Gasteiger partial charge in [-0.1, -0.05) is 22.7 Å². The molecule has 0 radical (unpaired) electrons. The Labute approximate surface area is 173 Å². The van der Waals surface area contributed by atoms with Gasteiger partial charge in [-0.2, -0.15) is 0 Å². The molecule has 3 heterocycles. The second-order valence-corrected chi connectivity index (χ2v) is 7.79. The van der Waals surface area contributed by atoms with Crippen molar-refractivity contribution < 1.29 is 14.3 Å². The highest BCUT2D eigenvalue weighted by Gasteiger charge is 2.25. The SMILES string of the molecule is O=C(NC[C@@H]1CCCO1)c1nnsc1NC(=O)N1CCN(c2ccccc2)CC1. The van der Waals surface area contributed by atoms with E-state index in [0.29, 0.717) is 24.6 Å². The monoisotopic (exact) mass is 416 g/mol. The largest absolute Gasteiger partial charge is 0.376 e. The first-order valence-electron chi connectivity index (χ1n) is 9.79. The molecular weight excluding hydrogens is 392 g/mol. The number of amides is 3. The zero-order valence-corrected chi connectivity index (χ0v) is 16.9. The second-order valence-electron chi connectivity index (χ2n) is 7.04. The summed E-state index contributed by atoms with van der Waals surface area (Å²) in [6, 6.07) is 9.91. The van der Waals surface area contributed by atoms with Gasteiger partial charge < -0.3 is 19.9 Å². The molecule has 154 valence electrons. The number of hydrogen-bond acceptors (Lipinski definition) is 7. The maximum Gasteiger partial charge on any atom is 0.322 e. The van der Waals surface area contributed by atoms with Crippen LogP contribution in [-0.4, -0.2) is 71.9 Å². The lowest BCUT2D eigenvalue weighted by atomic mass is 10.2. The van der Waals surface area contributed by atoms with Gasteiger partial charge in [0.1, 0.15) is 0 Å². The van der Waals surface area contributed by atoms with Crippen molar-refractivity contribution in [2.24, 2.45) is 0 Å². The number of rotatable bonds is 5. The summed E-state index contributed by atoms with van der Waals surface area (Å²) in [6.07, 6.45) is 2.00. The lowest BCUT2D eigenvalue weighted by molar-refractivity contribution is 0.0854. The summed E-state index contributed by atoms with van der Waals surface area (Å²) in [6.45, 7) is 3.89. The Morgan fingerprint density at radius 1 is 1.17 bits per heavy atom. The lowest BCUT2D eigenvalue weighted by Gasteiger charge is -2.35. The normalized spacial score (nSPS) is 19.2. The molecule has 29 heavy (non-hydrogen) atoms. The van der Waals surface area contributed by atoms with Crippen LogP contribution in [0, 0.1) is 0 Å². The summed E-state index contributed by atoms with van der Waals surface area (Å²) in [7, 11) is 0. The molecule has 1 aromatic heterocycles. The Morgan fingerprint density at radius 2 is 1.97 bits per heavy atom. The van der Waals surface area contributed by atoms with E-state index in [9.17, 15) is 9.59 Å². The van der Waals surface area contributed by atoms with E-state index >= 15 is 0 Å². The van der Waals surface area contributed by atoms with E-state index in [1.807, 2.05) is 18.2 Å². The van der Waals surface area contributed by atoms with Crippen molar-refractivity contribution in [2.45, 2.75) is 18.9 Å². The maximum absolute atomic E-state index is 12.6. The topological polar surface area (TPSA) is 99.7 Å². The molecule has 2 aromatic rings. The molecule has 2 saturated heterocycles. The molecule has 10 heteroatoms. The van der Waals surface area contributed by atoms with Gasteiger partial charge in [-0.15, -0.1) is 5.10 Å². The van der Waals surface area contributed by atoms with E-state index < -0.39 is 0 Å². The minimum Gasteiger partial charge on any atom is -0.376 e. The first-order valence-corrected chi connectivity index (χ1v) is 10.6. The zero-order valence-electron chi connectivity index (χ0n) is 16.0. The third kappa shape index (κ3) is 4.83. The van der Waals surface area contributed by atoms with E-state index in [2.05, 4.69) is 37.3 Å². The standard InChI is InChI=1S/C19H24N6O3S/c26-17(20-13-15-7-4-12-28-15)16-18(29-23-22-16)21-19(27)25-10-8-24(9-11-25)14-5-2-1-3-6-14/h1-3,5-6,15H,4,7-13H2,(H,20,26)(H,21,27)/t15-/m0/s1. The van der Waals surface area contributed by atoms with E-state index in [4.69, 9.17) is 4.74 Å². The smallest absolute Gasteiger partial charge is 0.322 e. The highest BCUT2D eigenvalue weighted by atomic mass is 32.1. The summed E-state index contributed by atoms with van der Waals surface area (Å²) < 4.78 is 9.34. The van der Waals surface area contributed by atoms with Crippen LogP contribution in [0.3, 0.4) is 0 Å². The molecule has 0 spiro atoms. The molecule has 0 bridgehead atoms. The van der Waals surface area contributed by atoms with E-state index in [0.717, 1.165) is 49.8 Å². The van der Waals surface area contributed by atoms with Crippen LogP contribution in [0.5, 0.6) is 0 Å². The highest BCUT2D eigenvalue weighted by Crippen LogP contribution is 2.20. The van der Waals surface area contributed by atoms with Crippen LogP contribution in [0.2, 0.25) is 0 Å². The molecule has 3 amide bonds. The van der Waals surface area contributed by atoms with Crippen LogP contribution >= 0.6 is 11.5 Å². The predicted octanol–water partition coefficient (Wildman–Crippen LogP) is 1.80. The van der Waals surface area contributed by atoms with Crippen LogP contribution in [0.15, 0.2) is 30.3 Å². The fourth-order valence-electron chi connectivity index (χ4n) is 3.50. The summed E-state index contributed by atoms with van der Waals surface area (Å²) in [4.78, 5) is 29.0. The molecule has 2 aliphatic heterocycles. The Kier molecular flexibility index (Phi) is 6.20. The van der Waals surface area contributed by atoms with Crippen molar-refractivity contribution in [1.29, 1.82) is 0 Å². The molecule has 0 aliphatic carbocycles. The molecule has 1 aromatic carbocycles. The maximum atomic E-state index is 12.6. The number of piperazine rings is 1. The number of ether oxygens (including phenoxy) is 1. The van der Waals surface area contributed by atoms with E-state index in [1.165, 1.54) is 0 Å². The zero-order chi connectivity index (χ0) is 20.1. The van der Waals surface area contributed by atoms with Crippen molar-refractivity contribution >= 4 is 34.2 Å². The van der Waals surface area contributed by atoms with Crippen molar-refractivity contribution in [3.8, 4) is 0 Å². The summed E-state index contributed by atoms with van der Waals surface area (Å²) >= 11 is 1.00. The fraction of sp³-hybridized carbons (Fsp3) is 0.474. The number of carbonyl (C=O) groups excluding carboxylic acids is 2. The third-order valence-electron chi connectivity index (χ3n) is 5.13. The van der Waals surface area contributed by atoms with Crippen molar-refractivity contribution in [1.82, 2.24) is 19.8 Å². The van der Waals surface area contributed by atoms with E-state index in [-0.39, 0.29) is 23.7 Å². The summed E-state index contributed by atoms with van der Waals surface area (Å²) in [5.74, 6) is -0.349. The van der Waals surface area contributed by atoms with E-state index in [1.54, 1.807) is 4.90 Å². The molecule has 2 aliphatic rings. The van der Waals surface area contributed by atoms with Gasteiger partial charge in [0.15, 0.2) is 10.7 Å². The Hall–Kier alpha value is -2.72. The van der Waals surface area contributed by atoms with Gasteiger partial charge in [-0.25, -0.2) is 4.79 Å². The molecule has 2 fully saturated rings. The van der Waals surface area contributed by atoms with Gasteiger partial charge in [0.2, 0.25) is 0 Å². The van der Waals surface area contributed by atoms with Crippen LogP contribution in [-0.2, 0) is 4.74 Å².